The van der Waals surface area contributed by atoms with Crippen LogP contribution in [0.5, 0.6) is 5.75 Å². The topological polar surface area (TPSA) is 105 Å². The highest BCUT2D eigenvalue weighted by Gasteiger charge is 2.47. The number of aliphatic hydroxyl groups is 1. The number of alkyl carbamates (subject to hydrolysis) is 1. The van der Waals surface area contributed by atoms with Crippen molar-refractivity contribution in [3.63, 3.8) is 0 Å². The zero-order valence-electron chi connectivity index (χ0n) is 23.4. The second kappa shape index (κ2) is 11.7. The first-order valence-electron chi connectivity index (χ1n) is 13.1. The minimum Gasteiger partial charge on any atom is -0.507 e. The molecule has 1 aliphatic heterocycles. The van der Waals surface area contributed by atoms with Crippen LogP contribution < -0.4 is 15.0 Å². The molecule has 0 aromatic heterocycles. The molecule has 208 valence electrons. The number of hydrogen-bond donors (Lipinski definition) is 2. The summed E-state index contributed by atoms with van der Waals surface area (Å²) >= 11 is 0. The number of methoxy groups -OCH3 is 1. The van der Waals surface area contributed by atoms with Crippen molar-refractivity contribution in [2.45, 2.75) is 52.3 Å². The van der Waals surface area contributed by atoms with E-state index in [4.69, 9.17) is 9.47 Å². The van der Waals surface area contributed by atoms with Crippen molar-refractivity contribution in [3.05, 3.63) is 101 Å². The van der Waals surface area contributed by atoms with E-state index < -0.39 is 29.4 Å². The SMILES string of the molecule is CCc1ccc(C2C(=C(O)c3ccc(OC)cc3)C(=O)C(=O)N2c2ccc(CNC(=O)OC(C)(C)C)cc2)cc1. The highest BCUT2D eigenvalue weighted by atomic mass is 16.6. The molecule has 1 saturated heterocycles. The fourth-order valence-corrected chi connectivity index (χ4v) is 4.52. The van der Waals surface area contributed by atoms with Crippen molar-refractivity contribution in [2.24, 2.45) is 0 Å². The molecule has 1 unspecified atom stereocenters. The number of hydrogen-bond acceptors (Lipinski definition) is 6. The van der Waals surface area contributed by atoms with Crippen molar-refractivity contribution in [1.82, 2.24) is 5.32 Å². The maximum absolute atomic E-state index is 13.4. The van der Waals surface area contributed by atoms with E-state index >= 15 is 0 Å². The lowest BCUT2D eigenvalue weighted by Crippen LogP contribution is -2.32. The minimum absolute atomic E-state index is 0.00934. The van der Waals surface area contributed by atoms with Gasteiger partial charge in [-0.1, -0.05) is 43.3 Å². The molecule has 0 aliphatic carbocycles. The molecule has 8 heteroatoms. The summed E-state index contributed by atoms with van der Waals surface area (Å²) in [5.41, 5.74) is 2.88. The van der Waals surface area contributed by atoms with E-state index in [0.717, 1.165) is 17.5 Å². The van der Waals surface area contributed by atoms with Crippen LogP contribution in [-0.4, -0.2) is 35.6 Å². The molecule has 3 aromatic carbocycles. The number of rotatable bonds is 7. The molecule has 1 atom stereocenters. The van der Waals surface area contributed by atoms with Crippen LogP contribution in [0.15, 0.2) is 78.4 Å². The predicted molar refractivity (Wildman–Crippen MR) is 153 cm³/mol. The van der Waals surface area contributed by atoms with Gasteiger partial charge in [-0.3, -0.25) is 14.5 Å². The van der Waals surface area contributed by atoms with Gasteiger partial charge in [0.1, 0.15) is 17.1 Å². The number of anilines is 1. The van der Waals surface area contributed by atoms with E-state index in [1.165, 1.54) is 4.90 Å². The van der Waals surface area contributed by atoms with E-state index in [9.17, 15) is 19.5 Å². The fourth-order valence-electron chi connectivity index (χ4n) is 4.52. The number of amides is 2. The Bertz CT molecular complexity index is 1420. The van der Waals surface area contributed by atoms with Crippen molar-refractivity contribution in [2.75, 3.05) is 12.0 Å². The Morgan fingerprint density at radius 1 is 0.925 bits per heavy atom. The average molecular weight is 543 g/mol. The van der Waals surface area contributed by atoms with Crippen LogP contribution >= 0.6 is 0 Å². The van der Waals surface area contributed by atoms with E-state index in [0.29, 0.717) is 22.6 Å². The number of ether oxygens (including phenoxy) is 2. The number of benzene rings is 3. The molecule has 2 N–H and O–H groups in total. The Hall–Kier alpha value is -4.59. The maximum Gasteiger partial charge on any atom is 0.407 e. The van der Waals surface area contributed by atoms with E-state index in [1.807, 2.05) is 31.2 Å². The summed E-state index contributed by atoms with van der Waals surface area (Å²) in [6, 6.07) is 20.5. The Morgan fingerprint density at radius 2 is 1.52 bits per heavy atom. The van der Waals surface area contributed by atoms with Crippen molar-refractivity contribution >= 4 is 29.2 Å². The van der Waals surface area contributed by atoms with Gasteiger partial charge in [-0.05, 0) is 80.3 Å². The molecule has 1 aliphatic rings. The summed E-state index contributed by atoms with van der Waals surface area (Å²) in [5.74, 6) is -1.16. The number of carbonyl (C=O) groups excluding carboxylic acids is 3. The first kappa shape index (κ1) is 28.4. The Balaban J connectivity index is 1.70. The number of ketones is 1. The van der Waals surface area contributed by atoms with Crippen LogP contribution in [0.4, 0.5) is 10.5 Å². The lowest BCUT2D eigenvalue weighted by atomic mass is 9.94. The Morgan fingerprint density at radius 3 is 2.08 bits per heavy atom. The third-order valence-electron chi connectivity index (χ3n) is 6.56. The number of Topliss-reactive ketones (excluding diaryl/α,β-unsaturated/α-hetero) is 1. The first-order valence-corrected chi connectivity index (χ1v) is 13.1. The third-order valence-corrected chi connectivity index (χ3v) is 6.56. The van der Waals surface area contributed by atoms with Gasteiger partial charge in [-0.25, -0.2) is 4.79 Å². The van der Waals surface area contributed by atoms with Crippen LogP contribution in [0.3, 0.4) is 0 Å². The Kier molecular flexibility index (Phi) is 8.28. The maximum atomic E-state index is 13.4. The summed E-state index contributed by atoms with van der Waals surface area (Å²) in [6.45, 7) is 7.64. The van der Waals surface area contributed by atoms with Gasteiger partial charge < -0.3 is 19.9 Å². The molecule has 40 heavy (non-hydrogen) atoms. The number of carbonyl (C=O) groups is 3. The second-order valence-electron chi connectivity index (χ2n) is 10.5. The zero-order valence-corrected chi connectivity index (χ0v) is 23.4. The smallest absolute Gasteiger partial charge is 0.407 e. The van der Waals surface area contributed by atoms with Gasteiger partial charge in [-0.2, -0.15) is 0 Å². The van der Waals surface area contributed by atoms with Gasteiger partial charge in [-0.15, -0.1) is 0 Å². The minimum atomic E-state index is -0.834. The first-order chi connectivity index (χ1) is 19.0. The molecule has 0 spiro atoms. The normalized spacial score (nSPS) is 16.6. The fraction of sp³-hybridized carbons (Fsp3) is 0.281. The van der Waals surface area contributed by atoms with Crippen molar-refractivity contribution in [1.29, 1.82) is 0 Å². The number of aryl methyl sites for hydroxylation is 1. The van der Waals surface area contributed by atoms with Crippen LogP contribution in [0.1, 0.15) is 56.0 Å². The highest BCUT2D eigenvalue weighted by molar-refractivity contribution is 6.51. The highest BCUT2D eigenvalue weighted by Crippen LogP contribution is 2.42. The molecule has 3 aromatic rings. The second-order valence-corrected chi connectivity index (χ2v) is 10.5. The van der Waals surface area contributed by atoms with Crippen molar-refractivity contribution < 1.29 is 29.0 Å². The Labute approximate surface area is 234 Å². The number of nitrogens with zero attached hydrogens (tertiary/aromatic N) is 1. The van der Waals surface area contributed by atoms with Gasteiger partial charge in [0.05, 0.1) is 18.7 Å². The van der Waals surface area contributed by atoms with Gasteiger partial charge in [0.25, 0.3) is 11.7 Å². The number of aliphatic hydroxyl groups excluding tert-OH is 1. The van der Waals surface area contributed by atoms with E-state index in [2.05, 4.69) is 5.32 Å². The largest absolute Gasteiger partial charge is 0.507 e. The molecule has 1 heterocycles. The van der Waals surface area contributed by atoms with Crippen LogP contribution in [0.2, 0.25) is 0 Å². The quantitative estimate of drug-likeness (QED) is 0.219. The number of nitrogens with one attached hydrogen (secondary N) is 1. The predicted octanol–water partition coefficient (Wildman–Crippen LogP) is 5.91. The van der Waals surface area contributed by atoms with E-state index in [-0.39, 0.29) is 17.9 Å². The molecular formula is C32H34N2O6. The third kappa shape index (κ3) is 6.17. The van der Waals surface area contributed by atoms with Gasteiger partial charge >= 0.3 is 6.09 Å². The van der Waals surface area contributed by atoms with Crippen LogP contribution in [0.25, 0.3) is 5.76 Å². The standard InChI is InChI=1S/C32H34N2O6/c1-6-20-7-11-22(12-8-20)27-26(28(35)23-13-17-25(39-5)18-14-23)29(36)30(37)34(27)24-15-9-21(10-16-24)19-33-31(38)40-32(2,3)4/h7-18,27,35H,6,19H2,1-5H3,(H,33,38). The van der Waals surface area contributed by atoms with Gasteiger partial charge in [0, 0.05) is 17.8 Å². The lowest BCUT2D eigenvalue weighted by molar-refractivity contribution is -0.132. The van der Waals surface area contributed by atoms with E-state index in [1.54, 1.807) is 76.4 Å². The van der Waals surface area contributed by atoms with Gasteiger partial charge in [0.2, 0.25) is 0 Å². The molecule has 8 nitrogen and oxygen atoms in total. The summed E-state index contributed by atoms with van der Waals surface area (Å²) in [6.07, 6.45) is 0.307. The lowest BCUT2D eigenvalue weighted by Gasteiger charge is -2.26. The average Bonchev–Trinajstić information content (AvgIpc) is 3.21. The molecule has 0 saturated carbocycles. The molecule has 2 amide bonds. The molecule has 0 bridgehead atoms. The van der Waals surface area contributed by atoms with Crippen molar-refractivity contribution in [3.8, 4) is 5.75 Å². The monoisotopic (exact) mass is 542 g/mol. The summed E-state index contributed by atoms with van der Waals surface area (Å²) in [4.78, 5) is 40.3. The van der Waals surface area contributed by atoms with Crippen LogP contribution in [0, 0.1) is 0 Å². The molecule has 4 rings (SSSR count). The summed E-state index contributed by atoms with van der Waals surface area (Å²) < 4.78 is 10.5. The zero-order chi connectivity index (χ0) is 29.0. The van der Waals surface area contributed by atoms with Gasteiger partial charge in [0.15, 0.2) is 0 Å². The summed E-state index contributed by atoms with van der Waals surface area (Å²) in [5, 5.41) is 14.0. The summed E-state index contributed by atoms with van der Waals surface area (Å²) in [7, 11) is 1.54. The van der Waals surface area contributed by atoms with Crippen LogP contribution in [-0.2, 0) is 27.3 Å². The molecular weight excluding hydrogens is 508 g/mol. The molecule has 0 radical (unpaired) electrons. The molecule has 1 fully saturated rings.